The SMILES string of the molecule is CC(=O)[C@H](CCCCN=C(N)N)NC(=O)[C@H](C)NC(=O)CN(C)C(=O)CN(C)C(=O)CN(C)C(=O)CN(C)C(=O)CN(C)C(=O)C(CN)S(=O)(=O)O. The molecule has 3 atom stereocenters. The van der Waals surface area contributed by atoms with Gasteiger partial charge in [-0.1, -0.05) is 0 Å². The predicted molar refractivity (Wildman–Crippen MR) is 187 cm³/mol. The van der Waals surface area contributed by atoms with E-state index in [0.29, 0.717) is 25.8 Å². The van der Waals surface area contributed by atoms with Crippen molar-refractivity contribution >= 4 is 63.2 Å². The van der Waals surface area contributed by atoms with Gasteiger partial charge in [0.05, 0.1) is 38.8 Å². The number of nitrogens with one attached hydrogen (secondary N) is 2. The van der Waals surface area contributed by atoms with E-state index in [1.54, 1.807) is 0 Å². The summed E-state index contributed by atoms with van der Waals surface area (Å²) in [6.07, 6.45) is 1.49. The molecule has 0 bridgehead atoms. The molecule has 0 aromatic carbocycles. The fraction of sp³-hybridized carbons (Fsp3) is 0.690. The van der Waals surface area contributed by atoms with Crippen LogP contribution >= 0.6 is 0 Å². The Morgan fingerprint density at radius 2 is 1.13 bits per heavy atom. The average molecular weight is 764 g/mol. The van der Waals surface area contributed by atoms with Gasteiger partial charge in [-0.2, -0.15) is 8.42 Å². The number of nitrogens with two attached hydrogens (primary N) is 3. The summed E-state index contributed by atoms with van der Waals surface area (Å²) in [5.41, 5.74) is 15.8. The Bertz CT molecular complexity index is 1450. The molecule has 7 amide bonds. The Kier molecular flexibility index (Phi) is 20.0. The van der Waals surface area contributed by atoms with Crippen molar-refractivity contribution < 1.29 is 51.3 Å². The van der Waals surface area contributed by atoms with Gasteiger partial charge in [-0.3, -0.25) is 47.9 Å². The van der Waals surface area contributed by atoms with E-state index in [0.717, 1.165) is 31.5 Å². The molecule has 0 fully saturated rings. The van der Waals surface area contributed by atoms with Gasteiger partial charge in [0.1, 0.15) is 6.04 Å². The number of Topliss-reactive ketones (excluding diaryl/α,β-unsaturated/α-hetero) is 1. The molecule has 52 heavy (non-hydrogen) atoms. The van der Waals surface area contributed by atoms with Crippen molar-refractivity contribution in [3.63, 3.8) is 0 Å². The lowest BCUT2D eigenvalue weighted by Gasteiger charge is -2.26. The summed E-state index contributed by atoms with van der Waals surface area (Å²) in [5.74, 6) is -5.45. The lowest BCUT2D eigenvalue weighted by Crippen LogP contribution is -2.52. The first-order valence-corrected chi connectivity index (χ1v) is 17.5. The Hall–Kier alpha value is -4.90. The summed E-state index contributed by atoms with van der Waals surface area (Å²) >= 11 is 0. The molecule has 0 rings (SSSR count). The molecule has 0 aliphatic carbocycles. The molecular weight excluding hydrogens is 710 g/mol. The highest BCUT2D eigenvalue weighted by molar-refractivity contribution is 7.87. The normalized spacial score (nSPS) is 12.6. The van der Waals surface area contributed by atoms with Gasteiger partial charge in [0.15, 0.2) is 17.0 Å². The van der Waals surface area contributed by atoms with E-state index >= 15 is 0 Å². The molecule has 0 heterocycles. The van der Waals surface area contributed by atoms with Crippen LogP contribution in [0.1, 0.15) is 33.1 Å². The summed E-state index contributed by atoms with van der Waals surface area (Å²) in [5, 5.41) is 3.08. The molecule has 0 saturated heterocycles. The van der Waals surface area contributed by atoms with Crippen molar-refractivity contribution in [2.45, 2.75) is 50.4 Å². The number of amides is 7. The second-order valence-corrected chi connectivity index (χ2v) is 13.8. The number of carbonyl (C=O) groups excluding carboxylic acids is 8. The topological polar surface area (TPSA) is 322 Å². The predicted octanol–water partition coefficient (Wildman–Crippen LogP) is -5.48. The number of ketones is 1. The van der Waals surface area contributed by atoms with Gasteiger partial charge in [0.25, 0.3) is 10.1 Å². The molecule has 0 saturated carbocycles. The Labute approximate surface area is 303 Å². The third kappa shape index (κ3) is 17.4. The molecule has 23 heteroatoms. The summed E-state index contributed by atoms with van der Waals surface area (Å²) in [6, 6.07) is -1.82. The molecule has 0 aliphatic heterocycles. The number of hydrogen-bond donors (Lipinski definition) is 6. The number of aliphatic imine (C=N–C) groups is 1. The monoisotopic (exact) mass is 763 g/mol. The molecule has 0 aromatic rings. The summed E-state index contributed by atoms with van der Waals surface area (Å²) in [6.45, 7) is -0.159. The molecule has 0 spiro atoms. The largest absolute Gasteiger partial charge is 0.370 e. The lowest BCUT2D eigenvalue weighted by molar-refractivity contribution is -0.145. The molecule has 1 unspecified atom stereocenters. The van der Waals surface area contributed by atoms with Crippen LogP contribution in [0.2, 0.25) is 0 Å². The van der Waals surface area contributed by atoms with E-state index in [4.69, 9.17) is 21.8 Å². The molecule has 0 radical (unpaired) electrons. The molecular formula is C29H53N11O11S. The molecule has 0 aliphatic rings. The number of nitrogens with zero attached hydrogens (tertiary/aromatic N) is 6. The number of rotatable bonds is 22. The molecule has 0 aromatic heterocycles. The summed E-state index contributed by atoms with van der Waals surface area (Å²) in [4.78, 5) is 109. The maximum atomic E-state index is 12.7. The first kappa shape index (κ1) is 47.1. The zero-order valence-electron chi connectivity index (χ0n) is 30.7. The van der Waals surface area contributed by atoms with Gasteiger partial charge in [-0.25, -0.2) is 0 Å². The Balaban J connectivity index is 4.89. The number of unbranched alkanes of at least 4 members (excludes halogenated alkanes) is 1. The molecule has 9 N–H and O–H groups in total. The van der Waals surface area contributed by atoms with Gasteiger partial charge >= 0.3 is 0 Å². The summed E-state index contributed by atoms with van der Waals surface area (Å²) in [7, 11) is 1.44. The van der Waals surface area contributed by atoms with Gasteiger partial charge in [-0.15, -0.1) is 0 Å². The van der Waals surface area contributed by atoms with E-state index in [-0.39, 0.29) is 11.7 Å². The van der Waals surface area contributed by atoms with Gasteiger partial charge in [0, 0.05) is 48.3 Å². The van der Waals surface area contributed by atoms with Crippen molar-refractivity contribution in [1.29, 1.82) is 0 Å². The lowest BCUT2D eigenvalue weighted by atomic mass is 10.1. The van der Waals surface area contributed by atoms with E-state index in [1.165, 1.54) is 42.0 Å². The minimum absolute atomic E-state index is 0.0466. The Morgan fingerprint density at radius 1 is 0.712 bits per heavy atom. The highest BCUT2D eigenvalue weighted by atomic mass is 32.2. The van der Waals surface area contributed by atoms with E-state index in [9.17, 15) is 46.8 Å². The summed E-state index contributed by atoms with van der Waals surface area (Å²) < 4.78 is 31.9. The number of hydrogen-bond acceptors (Lipinski definition) is 12. The standard InChI is InChI=1S/C29H53N11O11S/c1-18(27(47)35-20(19(2)41)10-8-9-11-33-29(31)32)34-22(42)13-36(3)23(43)14-37(4)24(44)15-38(5)25(45)16-39(6)26(46)17-40(7)28(48)21(12-30)52(49,50)51/h18,20-21H,8-17,30H2,1-7H3,(H,34,42)(H,35,47)(H4,31,32,33)(H,49,50,51)/t18-,20-,21?/m0/s1. The van der Waals surface area contributed by atoms with Gasteiger partial charge in [0.2, 0.25) is 41.4 Å². The third-order valence-electron chi connectivity index (χ3n) is 7.57. The van der Waals surface area contributed by atoms with Crippen LogP contribution in [0.5, 0.6) is 0 Å². The van der Waals surface area contributed by atoms with Crippen molar-refractivity contribution in [2.24, 2.45) is 22.2 Å². The van der Waals surface area contributed by atoms with Crippen LogP contribution in [0.15, 0.2) is 4.99 Å². The van der Waals surface area contributed by atoms with E-state index in [1.807, 2.05) is 0 Å². The maximum absolute atomic E-state index is 12.7. The smallest absolute Gasteiger partial charge is 0.278 e. The van der Waals surface area contributed by atoms with Crippen LogP contribution in [0.3, 0.4) is 0 Å². The van der Waals surface area contributed by atoms with Crippen molar-refractivity contribution in [3.05, 3.63) is 0 Å². The fourth-order valence-electron chi connectivity index (χ4n) is 4.23. The molecule has 296 valence electrons. The van der Waals surface area contributed by atoms with Crippen LogP contribution in [0, 0.1) is 0 Å². The average Bonchev–Trinajstić information content (AvgIpc) is 3.02. The number of carbonyl (C=O) groups is 8. The zero-order valence-corrected chi connectivity index (χ0v) is 31.5. The van der Waals surface area contributed by atoms with Crippen molar-refractivity contribution in [3.8, 4) is 0 Å². The number of guanidine groups is 1. The highest BCUT2D eigenvalue weighted by Crippen LogP contribution is 2.05. The highest BCUT2D eigenvalue weighted by Gasteiger charge is 2.33. The van der Waals surface area contributed by atoms with Crippen LogP contribution in [-0.4, -0.2) is 189 Å². The van der Waals surface area contributed by atoms with Crippen LogP contribution in [-0.2, 0) is 48.5 Å². The second-order valence-electron chi connectivity index (χ2n) is 12.2. The van der Waals surface area contributed by atoms with E-state index in [2.05, 4.69) is 15.6 Å². The van der Waals surface area contributed by atoms with E-state index < -0.39 is 108 Å². The van der Waals surface area contributed by atoms with Crippen LogP contribution in [0.25, 0.3) is 0 Å². The quantitative estimate of drug-likeness (QED) is 0.0260. The second kappa shape index (κ2) is 22.1. The van der Waals surface area contributed by atoms with Crippen molar-refractivity contribution in [2.75, 3.05) is 81.1 Å². The first-order chi connectivity index (χ1) is 23.9. The third-order valence-corrected chi connectivity index (χ3v) is 8.69. The van der Waals surface area contributed by atoms with Crippen LogP contribution in [0.4, 0.5) is 0 Å². The zero-order chi connectivity index (χ0) is 40.5. The van der Waals surface area contributed by atoms with Gasteiger partial charge in [-0.05, 0) is 33.1 Å². The maximum Gasteiger partial charge on any atom is 0.278 e. The fourth-order valence-corrected chi connectivity index (χ4v) is 4.91. The Morgan fingerprint density at radius 3 is 1.52 bits per heavy atom. The van der Waals surface area contributed by atoms with Crippen molar-refractivity contribution in [1.82, 2.24) is 35.1 Å². The molecule has 22 nitrogen and oxygen atoms in total. The minimum atomic E-state index is -4.81. The van der Waals surface area contributed by atoms with Gasteiger partial charge < -0.3 is 52.3 Å². The first-order valence-electron chi connectivity index (χ1n) is 16.0. The van der Waals surface area contributed by atoms with Crippen LogP contribution < -0.4 is 27.8 Å². The minimum Gasteiger partial charge on any atom is -0.370 e. The number of likely N-dealkylation sites (N-methyl/N-ethyl adjacent to an activating group) is 5.